The van der Waals surface area contributed by atoms with E-state index in [9.17, 15) is 0 Å². The summed E-state index contributed by atoms with van der Waals surface area (Å²) in [7, 11) is 1.83. The highest BCUT2D eigenvalue weighted by molar-refractivity contribution is 6.30. The van der Waals surface area contributed by atoms with Gasteiger partial charge in [0.25, 0.3) is 0 Å². The molecule has 5 nitrogen and oxygen atoms in total. The lowest BCUT2D eigenvalue weighted by Gasteiger charge is -2.42. The van der Waals surface area contributed by atoms with Gasteiger partial charge in [-0.25, -0.2) is 0 Å². The standard InChI is InChI=1S/C19H29ClN4O/c1-19(2)13-24(10-11-25-19)17(14-4-6-15(20)7-5-14)12-22-18(21-3)23-16-8-9-16/h4-7,16-17H,8-13H2,1-3H3,(H2,21,22,23). The van der Waals surface area contributed by atoms with Crippen LogP contribution in [0.3, 0.4) is 0 Å². The van der Waals surface area contributed by atoms with Crippen molar-refractivity contribution in [2.24, 2.45) is 4.99 Å². The number of morpholine rings is 1. The van der Waals surface area contributed by atoms with Gasteiger partial charge in [0.2, 0.25) is 0 Å². The van der Waals surface area contributed by atoms with Gasteiger partial charge in [0.1, 0.15) is 0 Å². The number of nitrogens with one attached hydrogen (secondary N) is 2. The van der Waals surface area contributed by atoms with E-state index >= 15 is 0 Å². The highest BCUT2D eigenvalue weighted by Gasteiger charge is 2.32. The molecule has 0 bridgehead atoms. The third-order valence-corrected chi connectivity index (χ3v) is 5.01. The van der Waals surface area contributed by atoms with Gasteiger partial charge in [0.15, 0.2) is 5.96 Å². The molecule has 0 radical (unpaired) electrons. The summed E-state index contributed by atoms with van der Waals surface area (Å²) >= 11 is 6.08. The van der Waals surface area contributed by atoms with Gasteiger partial charge in [0, 0.05) is 37.7 Å². The van der Waals surface area contributed by atoms with E-state index in [2.05, 4.69) is 46.5 Å². The molecule has 1 unspecified atom stereocenters. The quantitative estimate of drug-likeness (QED) is 0.623. The van der Waals surface area contributed by atoms with E-state index < -0.39 is 0 Å². The second-order valence-corrected chi connectivity index (χ2v) is 7.95. The van der Waals surface area contributed by atoms with Gasteiger partial charge >= 0.3 is 0 Å². The number of guanidine groups is 1. The number of benzene rings is 1. The third kappa shape index (κ3) is 5.33. The van der Waals surface area contributed by atoms with Crippen LogP contribution < -0.4 is 10.6 Å². The van der Waals surface area contributed by atoms with E-state index in [-0.39, 0.29) is 11.6 Å². The minimum atomic E-state index is -0.128. The van der Waals surface area contributed by atoms with Gasteiger partial charge in [-0.1, -0.05) is 23.7 Å². The lowest BCUT2D eigenvalue weighted by atomic mass is 10.0. The van der Waals surface area contributed by atoms with Gasteiger partial charge in [-0.2, -0.15) is 0 Å². The van der Waals surface area contributed by atoms with Crippen LogP contribution in [0.2, 0.25) is 5.02 Å². The molecule has 6 heteroatoms. The number of rotatable bonds is 5. The Morgan fingerprint density at radius 1 is 1.36 bits per heavy atom. The Labute approximate surface area is 155 Å². The van der Waals surface area contributed by atoms with Crippen molar-refractivity contribution in [3.8, 4) is 0 Å². The molecule has 2 aliphatic rings. The molecule has 1 aromatic rings. The summed E-state index contributed by atoms with van der Waals surface area (Å²) in [5.41, 5.74) is 1.13. The van der Waals surface area contributed by atoms with Crippen LogP contribution in [0.5, 0.6) is 0 Å². The summed E-state index contributed by atoms with van der Waals surface area (Å²) in [6.07, 6.45) is 2.47. The number of nitrogens with zero attached hydrogens (tertiary/aromatic N) is 2. The molecule has 1 atom stereocenters. The molecule has 1 saturated heterocycles. The maximum Gasteiger partial charge on any atom is 0.191 e. The van der Waals surface area contributed by atoms with Crippen LogP contribution in [0.15, 0.2) is 29.3 Å². The first-order valence-electron chi connectivity index (χ1n) is 9.07. The highest BCUT2D eigenvalue weighted by atomic mass is 35.5. The molecule has 0 aromatic heterocycles. The number of hydrogen-bond acceptors (Lipinski definition) is 3. The highest BCUT2D eigenvalue weighted by Crippen LogP contribution is 2.27. The topological polar surface area (TPSA) is 48.9 Å². The SMILES string of the molecule is CN=C(NCC(c1ccc(Cl)cc1)N1CCOC(C)(C)C1)NC1CC1. The number of hydrogen-bond donors (Lipinski definition) is 2. The summed E-state index contributed by atoms with van der Waals surface area (Å²) in [5.74, 6) is 0.883. The predicted octanol–water partition coefficient (Wildman–Crippen LogP) is 2.82. The first-order valence-corrected chi connectivity index (χ1v) is 9.45. The van der Waals surface area contributed by atoms with E-state index in [1.807, 2.05) is 19.2 Å². The molecule has 0 spiro atoms. The summed E-state index contributed by atoms with van der Waals surface area (Å²) in [5, 5.41) is 7.72. The molecule has 1 aliphatic carbocycles. The Kier molecular flexibility index (Phi) is 5.87. The van der Waals surface area contributed by atoms with E-state index in [1.165, 1.54) is 18.4 Å². The molecule has 3 rings (SSSR count). The van der Waals surface area contributed by atoms with Gasteiger partial charge in [-0.05, 0) is 44.4 Å². The van der Waals surface area contributed by atoms with Gasteiger partial charge in [-0.15, -0.1) is 0 Å². The van der Waals surface area contributed by atoms with Crippen LogP contribution in [0.25, 0.3) is 0 Å². The Morgan fingerprint density at radius 3 is 2.68 bits per heavy atom. The smallest absolute Gasteiger partial charge is 0.191 e. The average Bonchev–Trinajstić information content (AvgIpc) is 3.38. The zero-order valence-electron chi connectivity index (χ0n) is 15.4. The first-order chi connectivity index (χ1) is 12.0. The molecular weight excluding hydrogens is 336 g/mol. The Bertz CT molecular complexity index is 598. The van der Waals surface area contributed by atoms with Crippen molar-refractivity contribution in [3.05, 3.63) is 34.9 Å². The molecule has 1 saturated carbocycles. The first kappa shape index (κ1) is 18.5. The normalized spacial score (nSPS) is 22.5. The number of ether oxygens (including phenoxy) is 1. The number of aliphatic imine (C=N–C) groups is 1. The lowest BCUT2D eigenvalue weighted by molar-refractivity contribution is -0.0971. The van der Waals surface area contributed by atoms with Crippen LogP contribution in [-0.2, 0) is 4.74 Å². The molecule has 2 N–H and O–H groups in total. The molecule has 0 amide bonds. The van der Waals surface area contributed by atoms with Crippen LogP contribution in [-0.4, -0.2) is 55.8 Å². The molecule has 1 heterocycles. The Balaban J connectivity index is 1.72. The van der Waals surface area contributed by atoms with E-state index in [0.29, 0.717) is 6.04 Å². The maximum absolute atomic E-state index is 6.08. The Hall–Kier alpha value is -1.30. The molecular formula is C19H29ClN4O. The maximum atomic E-state index is 6.08. The second kappa shape index (κ2) is 7.94. The van der Waals surface area contributed by atoms with Crippen molar-refractivity contribution in [3.63, 3.8) is 0 Å². The van der Waals surface area contributed by atoms with Crippen molar-refractivity contribution >= 4 is 17.6 Å². The van der Waals surface area contributed by atoms with Crippen molar-refractivity contribution in [1.82, 2.24) is 15.5 Å². The summed E-state index contributed by atoms with van der Waals surface area (Å²) in [6, 6.07) is 9.00. The molecule has 138 valence electrons. The minimum absolute atomic E-state index is 0.128. The number of halogens is 1. The lowest BCUT2D eigenvalue weighted by Crippen LogP contribution is -2.52. The third-order valence-electron chi connectivity index (χ3n) is 4.76. The minimum Gasteiger partial charge on any atom is -0.373 e. The van der Waals surface area contributed by atoms with Crippen molar-refractivity contribution < 1.29 is 4.74 Å². The van der Waals surface area contributed by atoms with Crippen LogP contribution in [0.4, 0.5) is 0 Å². The molecule has 1 aromatic carbocycles. The Morgan fingerprint density at radius 2 is 2.08 bits per heavy atom. The molecule has 2 fully saturated rings. The summed E-state index contributed by atoms with van der Waals surface area (Å²) in [6.45, 7) is 7.68. The fraction of sp³-hybridized carbons (Fsp3) is 0.632. The monoisotopic (exact) mass is 364 g/mol. The van der Waals surface area contributed by atoms with Crippen LogP contribution in [0, 0.1) is 0 Å². The van der Waals surface area contributed by atoms with Crippen molar-refractivity contribution in [1.29, 1.82) is 0 Å². The molecule has 1 aliphatic heterocycles. The summed E-state index contributed by atoms with van der Waals surface area (Å²) < 4.78 is 5.89. The fourth-order valence-corrected chi connectivity index (χ4v) is 3.40. The van der Waals surface area contributed by atoms with Crippen LogP contribution in [0.1, 0.15) is 38.3 Å². The summed E-state index contributed by atoms with van der Waals surface area (Å²) in [4.78, 5) is 6.84. The molecule has 25 heavy (non-hydrogen) atoms. The second-order valence-electron chi connectivity index (χ2n) is 7.52. The van der Waals surface area contributed by atoms with E-state index in [4.69, 9.17) is 16.3 Å². The zero-order chi connectivity index (χ0) is 17.9. The zero-order valence-corrected chi connectivity index (χ0v) is 16.1. The van der Waals surface area contributed by atoms with Gasteiger partial charge in [-0.3, -0.25) is 9.89 Å². The van der Waals surface area contributed by atoms with Gasteiger partial charge < -0.3 is 15.4 Å². The van der Waals surface area contributed by atoms with E-state index in [0.717, 1.165) is 37.2 Å². The predicted molar refractivity (Wildman–Crippen MR) is 103 cm³/mol. The largest absolute Gasteiger partial charge is 0.373 e. The van der Waals surface area contributed by atoms with Gasteiger partial charge in [0.05, 0.1) is 18.2 Å². The van der Waals surface area contributed by atoms with Crippen molar-refractivity contribution in [2.75, 3.05) is 33.3 Å². The van der Waals surface area contributed by atoms with Crippen LogP contribution >= 0.6 is 11.6 Å². The van der Waals surface area contributed by atoms with Crippen molar-refractivity contribution in [2.45, 2.75) is 44.4 Å². The fourth-order valence-electron chi connectivity index (χ4n) is 3.27. The van der Waals surface area contributed by atoms with E-state index in [1.54, 1.807) is 0 Å². The average molecular weight is 365 g/mol.